The van der Waals surface area contributed by atoms with Gasteiger partial charge in [0.1, 0.15) is 0 Å². The monoisotopic (exact) mass is 274 g/mol. The van der Waals surface area contributed by atoms with Crippen molar-refractivity contribution in [2.24, 2.45) is 0 Å². The Kier molecular flexibility index (Phi) is 2.50. The molecule has 0 radical (unpaired) electrons. The van der Waals surface area contributed by atoms with Crippen molar-refractivity contribution in [1.29, 1.82) is 0 Å². The number of carbonyl (C=O) groups is 1. The first-order valence-electron chi connectivity index (χ1n) is 6.51. The van der Waals surface area contributed by atoms with Crippen molar-refractivity contribution >= 4 is 27.7 Å². The quantitative estimate of drug-likeness (QED) is 0.570. The van der Waals surface area contributed by atoms with Gasteiger partial charge in [-0.25, -0.2) is 4.98 Å². The van der Waals surface area contributed by atoms with Crippen LogP contribution in [0.2, 0.25) is 0 Å². The highest BCUT2D eigenvalue weighted by Crippen LogP contribution is 2.22. The molecule has 0 aliphatic carbocycles. The summed E-state index contributed by atoms with van der Waals surface area (Å²) in [6, 6.07) is 11.1. The summed E-state index contributed by atoms with van der Waals surface area (Å²) in [4.78, 5) is 28.2. The molecular formula is C16H10N4O. The highest BCUT2D eigenvalue weighted by molar-refractivity contribution is 6.10. The lowest BCUT2D eigenvalue weighted by Crippen LogP contribution is -2.03. The molecule has 0 aliphatic heterocycles. The van der Waals surface area contributed by atoms with Gasteiger partial charge < -0.3 is 4.98 Å². The molecule has 3 aromatic heterocycles. The fraction of sp³-hybridized carbons (Fsp3) is 0. The van der Waals surface area contributed by atoms with E-state index in [1.165, 1.54) is 6.20 Å². The summed E-state index contributed by atoms with van der Waals surface area (Å²) in [5.74, 6) is 0.144. The number of pyridine rings is 2. The lowest BCUT2D eigenvalue weighted by molar-refractivity contribution is 0.103. The Morgan fingerprint density at radius 2 is 1.95 bits per heavy atom. The van der Waals surface area contributed by atoms with Crippen LogP contribution in [0.1, 0.15) is 16.2 Å². The van der Waals surface area contributed by atoms with Crippen LogP contribution in [0.25, 0.3) is 21.9 Å². The normalized spacial score (nSPS) is 11.0. The molecule has 21 heavy (non-hydrogen) atoms. The van der Waals surface area contributed by atoms with Crippen LogP contribution in [0.15, 0.2) is 55.0 Å². The molecule has 4 rings (SSSR count). The van der Waals surface area contributed by atoms with Crippen LogP contribution in [0.4, 0.5) is 0 Å². The number of H-pyrrole nitrogens is 1. The number of fused-ring (bicyclic) bond motifs is 3. The number of rotatable bonds is 2. The van der Waals surface area contributed by atoms with Gasteiger partial charge in [0, 0.05) is 29.5 Å². The molecule has 4 aromatic rings. The summed E-state index contributed by atoms with van der Waals surface area (Å²) in [6.07, 6.45) is 4.91. The van der Waals surface area contributed by atoms with Crippen molar-refractivity contribution in [1.82, 2.24) is 19.9 Å². The van der Waals surface area contributed by atoms with Gasteiger partial charge in [-0.15, -0.1) is 0 Å². The van der Waals surface area contributed by atoms with Gasteiger partial charge in [-0.3, -0.25) is 14.8 Å². The summed E-state index contributed by atoms with van der Waals surface area (Å²) >= 11 is 0. The fourth-order valence-electron chi connectivity index (χ4n) is 2.37. The van der Waals surface area contributed by atoms with Crippen molar-refractivity contribution < 1.29 is 4.79 Å². The maximum atomic E-state index is 12.4. The summed E-state index contributed by atoms with van der Waals surface area (Å²) in [5.41, 5.74) is 2.95. The average molecular weight is 274 g/mol. The third kappa shape index (κ3) is 1.87. The van der Waals surface area contributed by atoms with E-state index >= 15 is 0 Å². The minimum atomic E-state index is -0.170. The minimum Gasteiger partial charge on any atom is -0.335 e. The van der Waals surface area contributed by atoms with E-state index < -0.39 is 0 Å². The lowest BCUT2D eigenvalue weighted by atomic mass is 10.2. The SMILES string of the molecule is O=C(c1cccnc1)c1nc2c(ccc3ncccc32)[nH]1. The number of hydrogen-bond acceptors (Lipinski definition) is 4. The number of hydrogen-bond donors (Lipinski definition) is 1. The highest BCUT2D eigenvalue weighted by atomic mass is 16.1. The maximum absolute atomic E-state index is 12.4. The Labute approximate surface area is 119 Å². The topological polar surface area (TPSA) is 71.5 Å². The van der Waals surface area contributed by atoms with E-state index in [9.17, 15) is 4.79 Å². The second-order valence-electron chi connectivity index (χ2n) is 4.69. The van der Waals surface area contributed by atoms with Gasteiger partial charge >= 0.3 is 0 Å². The van der Waals surface area contributed by atoms with Crippen molar-refractivity contribution in [3.8, 4) is 0 Å². The van der Waals surface area contributed by atoms with Crippen LogP contribution < -0.4 is 0 Å². The molecule has 0 saturated carbocycles. The number of imidazole rings is 1. The first kappa shape index (κ1) is 11.7. The Bertz CT molecular complexity index is 960. The standard InChI is InChI=1S/C16H10N4O/c21-15(10-3-1-7-17-9-10)16-19-13-6-5-12-11(14(13)20-16)4-2-8-18-12/h1-9H,(H,19,20). The number of aromatic nitrogens is 4. The van der Waals surface area contributed by atoms with E-state index in [4.69, 9.17) is 0 Å². The Morgan fingerprint density at radius 3 is 2.81 bits per heavy atom. The van der Waals surface area contributed by atoms with E-state index in [0.717, 1.165) is 21.9 Å². The van der Waals surface area contributed by atoms with Crippen molar-refractivity contribution in [2.45, 2.75) is 0 Å². The van der Waals surface area contributed by atoms with Crippen LogP contribution >= 0.6 is 0 Å². The van der Waals surface area contributed by atoms with E-state index in [2.05, 4.69) is 19.9 Å². The molecule has 0 fully saturated rings. The molecule has 0 saturated heterocycles. The summed E-state index contributed by atoms with van der Waals surface area (Å²) in [7, 11) is 0. The van der Waals surface area contributed by atoms with Crippen molar-refractivity contribution in [2.75, 3.05) is 0 Å². The van der Waals surface area contributed by atoms with Gasteiger partial charge in [0.25, 0.3) is 0 Å². The first-order valence-corrected chi connectivity index (χ1v) is 6.51. The van der Waals surface area contributed by atoms with Gasteiger partial charge in [0.05, 0.1) is 16.6 Å². The largest absolute Gasteiger partial charge is 0.335 e. The van der Waals surface area contributed by atoms with E-state index in [1.54, 1.807) is 24.5 Å². The molecule has 100 valence electrons. The zero-order valence-electron chi connectivity index (χ0n) is 10.9. The molecule has 0 atom stereocenters. The number of nitrogens with one attached hydrogen (secondary N) is 1. The predicted molar refractivity (Wildman–Crippen MR) is 79.1 cm³/mol. The first-order chi connectivity index (χ1) is 10.3. The Balaban J connectivity index is 1.91. The molecule has 0 spiro atoms. The summed E-state index contributed by atoms with van der Waals surface area (Å²) < 4.78 is 0. The molecule has 1 N–H and O–H groups in total. The molecular weight excluding hydrogens is 264 g/mol. The smallest absolute Gasteiger partial charge is 0.229 e. The van der Waals surface area contributed by atoms with Gasteiger partial charge in [0.15, 0.2) is 5.82 Å². The average Bonchev–Trinajstić information content (AvgIpc) is 2.99. The van der Waals surface area contributed by atoms with Crippen LogP contribution in [-0.2, 0) is 0 Å². The third-order valence-electron chi connectivity index (χ3n) is 3.37. The summed E-state index contributed by atoms with van der Waals surface area (Å²) in [6.45, 7) is 0. The van der Waals surface area contributed by atoms with Crippen LogP contribution in [0.3, 0.4) is 0 Å². The number of ketones is 1. The molecule has 0 aliphatic rings. The number of aromatic amines is 1. The molecule has 1 aromatic carbocycles. The van der Waals surface area contributed by atoms with Gasteiger partial charge in [-0.05, 0) is 36.4 Å². The van der Waals surface area contributed by atoms with Crippen molar-refractivity contribution in [3.05, 3.63) is 66.4 Å². The molecule has 0 bridgehead atoms. The zero-order valence-corrected chi connectivity index (χ0v) is 10.9. The second-order valence-corrected chi connectivity index (χ2v) is 4.69. The maximum Gasteiger partial charge on any atom is 0.229 e. The molecule has 5 nitrogen and oxygen atoms in total. The van der Waals surface area contributed by atoms with Gasteiger partial charge in [-0.1, -0.05) is 0 Å². The number of nitrogens with zero attached hydrogens (tertiary/aromatic N) is 3. The summed E-state index contributed by atoms with van der Waals surface area (Å²) in [5, 5.41) is 0.927. The zero-order chi connectivity index (χ0) is 14.2. The van der Waals surface area contributed by atoms with Crippen LogP contribution in [-0.4, -0.2) is 25.7 Å². The lowest BCUT2D eigenvalue weighted by Gasteiger charge is -1.95. The van der Waals surface area contributed by atoms with Crippen LogP contribution in [0.5, 0.6) is 0 Å². The third-order valence-corrected chi connectivity index (χ3v) is 3.37. The van der Waals surface area contributed by atoms with Crippen molar-refractivity contribution in [3.63, 3.8) is 0 Å². The Morgan fingerprint density at radius 1 is 1.05 bits per heavy atom. The molecule has 3 heterocycles. The molecule has 0 unspecified atom stereocenters. The predicted octanol–water partition coefficient (Wildman–Crippen LogP) is 2.74. The van der Waals surface area contributed by atoms with E-state index in [0.29, 0.717) is 11.4 Å². The second kappa shape index (κ2) is 4.49. The highest BCUT2D eigenvalue weighted by Gasteiger charge is 2.15. The van der Waals surface area contributed by atoms with E-state index in [-0.39, 0.29) is 5.78 Å². The fourth-order valence-corrected chi connectivity index (χ4v) is 2.37. The van der Waals surface area contributed by atoms with E-state index in [1.807, 2.05) is 24.3 Å². The number of carbonyl (C=O) groups excluding carboxylic acids is 1. The molecule has 5 heteroatoms. The minimum absolute atomic E-state index is 0.170. The number of benzene rings is 1. The van der Waals surface area contributed by atoms with Gasteiger partial charge in [-0.2, -0.15) is 0 Å². The Hall–Kier alpha value is -3.08. The van der Waals surface area contributed by atoms with Gasteiger partial charge in [0.2, 0.25) is 5.78 Å². The molecule has 0 amide bonds. The van der Waals surface area contributed by atoms with Crippen LogP contribution in [0, 0.1) is 0 Å².